The van der Waals surface area contributed by atoms with Crippen molar-refractivity contribution in [1.82, 2.24) is 4.98 Å². The summed E-state index contributed by atoms with van der Waals surface area (Å²) in [5.74, 6) is 0.644. The molecule has 5 heteroatoms. The number of carbonyl (C=O) groups is 1. The molecule has 0 fully saturated rings. The highest BCUT2D eigenvalue weighted by atomic mass is 16.5. The summed E-state index contributed by atoms with van der Waals surface area (Å²) >= 11 is 0. The van der Waals surface area contributed by atoms with E-state index in [9.17, 15) is 4.79 Å². The van der Waals surface area contributed by atoms with Crippen molar-refractivity contribution < 1.29 is 19.0 Å². The first kappa shape index (κ1) is 20.4. The zero-order chi connectivity index (χ0) is 21.5. The number of pyridine rings is 1. The number of esters is 1. The van der Waals surface area contributed by atoms with E-state index in [0.29, 0.717) is 30.2 Å². The van der Waals surface area contributed by atoms with Gasteiger partial charge in [-0.2, -0.15) is 0 Å². The summed E-state index contributed by atoms with van der Waals surface area (Å²) in [5.41, 5.74) is 2.82. The van der Waals surface area contributed by atoms with Gasteiger partial charge in [0.1, 0.15) is 30.2 Å². The second-order valence-electron chi connectivity index (χ2n) is 6.93. The van der Waals surface area contributed by atoms with Crippen LogP contribution in [0.3, 0.4) is 0 Å². The standard InChI is InChI=1S/C26H23NO4/c1-2-29-26(28)22-16-24(31-18-20-12-7-4-8-13-20)21-14-9-15-23(25(21)27-22)30-17-19-10-5-3-6-11-19/h3-16H,2,17-18H2,1H3. The van der Waals surface area contributed by atoms with E-state index in [1.54, 1.807) is 13.0 Å². The number of hydrogen-bond acceptors (Lipinski definition) is 5. The maximum atomic E-state index is 12.4. The highest BCUT2D eigenvalue weighted by Gasteiger charge is 2.17. The molecule has 0 aliphatic heterocycles. The lowest BCUT2D eigenvalue weighted by Gasteiger charge is -2.14. The Balaban J connectivity index is 1.69. The number of aromatic nitrogens is 1. The molecule has 0 saturated heterocycles. The van der Waals surface area contributed by atoms with E-state index in [-0.39, 0.29) is 12.3 Å². The summed E-state index contributed by atoms with van der Waals surface area (Å²) < 4.78 is 17.3. The molecule has 0 spiro atoms. The van der Waals surface area contributed by atoms with Gasteiger partial charge < -0.3 is 14.2 Å². The zero-order valence-corrected chi connectivity index (χ0v) is 17.3. The van der Waals surface area contributed by atoms with Crippen molar-refractivity contribution in [2.24, 2.45) is 0 Å². The molecule has 31 heavy (non-hydrogen) atoms. The molecule has 1 heterocycles. The molecule has 0 bridgehead atoms. The van der Waals surface area contributed by atoms with Crippen LogP contribution in [0.2, 0.25) is 0 Å². The van der Waals surface area contributed by atoms with Crippen LogP contribution in [0.15, 0.2) is 84.9 Å². The van der Waals surface area contributed by atoms with Crippen molar-refractivity contribution in [3.63, 3.8) is 0 Å². The van der Waals surface area contributed by atoms with Crippen LogP contribution in [0.1, 0.15) is 28.5 Å². The molecule has 0 aliphatic carbocycles. The van der Waals surface area contributed by atoms with Gasteiger partial charge >= 0.3 is 5.97 Å². The predicted octanol–water partition coefficient (Wildman–Crippen LogP) is 5.57. The molecular weight excluding hydrogens is 390 g/mol. The minimum Gasteiger partial charge on any atom is -0.488 e. The van der Waals surface area contributed by atoms with Crippen LogP contribution in [-0.2, 0) is 18.0 Å². The monoisotopic (exact) mass is 413 g/mol. The molecule has 5 nitrogen and oxygen atoms in total. The molecular formula is C26H23NO4. The third-order valence-electron chi connectivity index (χ3n) is 4.72. The zero-order valence-electron chi connectivity index (χ0n) is 17.3. The summed E-state index contributed by atoms with van der Waals surface area (Å²) in [4.78, 5) is 17.0. The van der Waals surface area contributed by atoms with Gasteiger partial charge in [-0.1, -0.05) is 66.7 Å². The minimum absolute atomic E-state index is 0.188. The van der Waals surface area contributed by atoms with Gasteiger partial charge in [0.2, 0.25) is 0 Å². The Labute approximate surface area is 181 Å². The Kier molecular flexibility index (Phi) is 6.43. The van der Waals surface area contributed by atoms with Gasteiger partial charge in [-0.05, 0) is 30.2 Å². The van der Waals surface area contributed by atoms with Crippen molar-refractivity contribution in [3.05, 3.63) is 102 Å². The number of rotatable bonds is 8. The van der Waals surface area contributed by atoms with E-state index < -0.39 is 5.97 Å². The summed E-state index contributed by atoms with van der Waals surface area (Å²) in [5, 5.41) is 0.773. The van der Waals surface area contributed by atoms with Crippen molar-refractivity contribution in [2.45, 2.75) is 20.1 Å². The number of carbonyl (C=O) groups excluding carboxylic acids is 1. The number of nitrogens with zero attached hydrogens (tertiary/aromatic N) is 1. The predicted molar refractivity (Wildman–Crippen MR) is 119 cm³/mol. The summed E-state index contributed by atoms with van der Waals surface area (Å²) in [6.07, 6.45) is 0. The molecule has 0 unspecified atom stereocenters. The minimum atomic E-state index is -0.494. The Bertz CT molecular complexity index is 1160. The third-order valence-corrected chi connectivity index (χ3v) is 4.72. The fraction of sp³-hybridized carbons (Fsp3) is 0.154. The SMILES string of the molecule is CCOC(=O)c1cc(OCc2ccccc2)c2cccc(OCc3ccccc3)c2n1. The third kappa shape index (κ3) is 5.01. The molecule has 156 valence electrons. The molecule has 0 saturated carbocycles. The van der Waals surface area contributed by atoms with Crippen molar-refractivity contribution in [2.75, 3.05) is 6.61 Å². The van der Waals surface area contributed by atoms with Gasteiger partial charge in [0, 0.05) is 11.5 Å². The quantitative estimate of drug-likeness (QED) is 0.354. The number of para-hydroxylation sites is 1. The molecule has 0 N–H and O–H groups in total. The molecule has 4 rings (SSSR count). The van der Waals surface area contributed by atoms with E-state index >= 15 is 0 Å². The van der Waals surface area contributed by atoms with Crippen LogP contribution in [-0.4, -0.2) is 17.6 Å². The number of benzene rings is 3. The molecule has 3 aromatic carbocycles. The highest BCUT2D eigenvalue weighted by Crippen LogP contribution is 2.33. The van der Waals surface area contributed by atoms with Gasteiger partial charge in [-0.3, -0.25) is 0 Å². The Morgan fingerprint density at radius 3 is 2.00 bits per heavy atom. The lowest BCUT2D eigenvalue weighted by molar-refractivity contribution is 0.0519. The molecule has 0 atom stereocenters. The average molecular weight is 413 g/mol. The normalized spacial score (nSPS) is 10.6. The van der Waals surface area contributed by atoms with E-state index in [1.165, 1.54) is 0 Å². The van der Waals surface area contributed by atoms with E-state index in [1.807, 2.05) is 78.9 Å². The van der Waals surface area contributed by atoms with E-state index in [0.717, 1.165) is 16.5 Å². The maximum absolute atomic E-state index is 12.4. The maximum Gasteiger partial charge on any atom is 0.357 e. The van der Waals surface area contributed by atoms with E-state index in [4.69, 9.17) is 14.2 Å². The molecule has 1 aromatic heterocycles. The summed E-state index contributed by atoms with van der Waals surface area (Å²) in [7, 11) is 0. The summed E-state index contributed by atoms with van der Waals surface area (Å²) in [6, 6.07) is 27.0. The van der Waals surface area contributed by atoms with Crippen LogP contribution >= 0.6 is 0 Å². The van der Waals surface area contributed by atoms with Crippen LogP contribution < -0.4 is 9.47 Å². The first-order valence-corrected chi connectivity index (χ1v) is 10.2. The van der Waals surface area contributed by atoms with Gasteiger partial charge in [-0.15, -0.1) is 0 Å². The number of fused-ring (bicyclic) bond motifs is 1. The van der Waals surface area contributed by atoms with Crippen molar-refractivity contribution >= 4 is 16.9 Å². The largest absolute Gasteiger partial charge is 0.488 e. The number of hydrogen-bond donors (Lipinski definition) is 0. The van der Waals surface area contributed by atoms with Gasteiger partial charge in [-0.25, -0.2) is 9.78 Å². The fourth-order valence-electron chi connectivity index (χ4n) is 3.21. The summed E-state index contributed by atoms with van der Waals surface area (Å²) in [6.45, 7) is 2.80. The smallest absolute Gasteiger partial charge is 0.357 e. The first-order valence-electron chi connectivity index (χ1n) is 10.2. The van der Waals surface area contributed by atoms with Crippen molar-refractivity contribution in [3.8, 4) is 11.5 Å². The lowest BCUT2D eigenvalue weighted by Crippen LogP contribution is -2.09. The highest BCUT2D eigenvalue weighted by molar-refractivity contribution is 5.96. The molecule has 0 amide bonds. The van der Waals surface area contributed by atoms with Crippen LogP contribution in [0.4, 0.5) is 0 Å². The molecule has 4 aromatic rings. The van der Waals surface area contributed by atoms with Gasteiger partial charge in [0.15, 0.2) is 5.69 Å². The lowest BCUT2D eigenvalue weighted by atomic mass is 10.1. The van der Waals surface area contributed by atoms with E-state index in [2.05, 4.69) is 4.98 Å². The number of ether oxygens (including phenoxy) is 3. The van der Waals surface area contributed by atoms with Crippen LogP contribution in [0.5, 0.6) is 11.5 Å². The average Bonchev–Trinajstić information content (AvgIpc) is 2.82. The Hall–Kier alpha value is -3.86. The Morgan fingerprint density at radius 1 is 0.774 bits per heavy atom. The Morgan fingerprint density at radius 2 is 1.39 bits per heavy atom. The molecule has 0 aliphatic rings. The van der Waals surface area contributed by atoms with Crippen molar-refractivity contribution in [1.29, 1.82) is 0 Å². The fourth-order valence-corrected chi connectivity index (χ4v) is 3.21. The first-order chi connectivity index (χ1) is 15.2. The second kappa shape index (κ2) is 9.76. The topological polar surface area (TPSA) is 57.7 Å². The second-order valence-corrected chi connectivity index (χ2v) is 6.93. The van der Waals surface area contributed by atoms with Crippen LogP contribution in [0.25, 0.3) is 10.9 Å². The molecule has 0 radical (unpaired) electrons. The van der Waals surface area contributed by atoms with Gasteiger partial charge in [0.25, 0.3) is 0 Å². The van der Waals surface area contributed by atoms with Crippen LogP contribution in [0, 0.1) is 0 Å². The van der Waals surface area contributed by atoms with Gasteiger partial charge in [0.05, 0.1) is 6.61 Å².